The lowest BCUT2D eigenvalue weighted by molar-refractivity contribution is 0.0368. The highest BCUT2D eigenvalue weighted by molar-refractivity contribution is 5.95. The summed E-state index contributed by atoms with van der Waals surface area (Å²) in [5.74, 6) is 0. The number of benzene rings is 1. The third-order valence-corrected chi connectivity index (χ3v) is 3.48. The molecule has 1 aliphatic rings. The summed E-state index contributed by atoms with van der Waals surface area (Å²) in [6.45, 7) is 6.69. The molecule has 2 aromatic rings. The van der Waals surface area contributed by atoms with Gasteiger partial charge in [0.05, 0.1) is 24.6 Å². The Balaban J connectivity index is 1.69. The Kier molecular flexibility index (Phi) is 3.70. The Hall–Kier alpha value is -1.86. The molecule has 1 saturated heterocycles. The first-order chi connectivity index (χ1) is 9.74. The Labute approximate surface area is 117 Å². The van der Waals surface area contributed by atoms with Gasteiger partial charge in [-0.25, -0.2) is 4.63 Å². The summed E-state index contributed by atoms with van der Waals surface area (Å²) in [5.41, 5.74) is 8.60. The number of ether oxygens (including phenoxy) is 1. The third-order valence-electron chi connectivity index (χ3n) is 3.48. The van der Waals surface area contributed by atoms with Gasteiger partial charge in [-0.3, -0.25) is 4.90 Å². The molecule has 1 unspecified atom stereocenters. The number of aromatic nitrogens is 2. The van der Waals surface area contributed by atoms with Crippen LogP contribution in [0.15, 0.2) is 16.8 Å². The molecule has 20 heavy (non-hydrogen) atoms. The largest absolute Gasteiger partial charge is 0.397 e. The number of nitrogens with one attached hydrogen (secondary N) is 1. The highest BCUT2D eigenvalue weighted by Crippen LogP contribution is 2.25. The van der Waals surface area contributed by atoms with Crippen molar-refractivity contribution in [2.24, 2.45) is 0 Å². The van der Waals surface area contributed by atoms with Crippen molar-refractivity contribution in [2.45, 2.75) is 13.0 Å². The highest BCUT2D eigenvalue weighted by atomic mass is 16.6. The number of fused-ring (bicyclic) bond motifs is 1. The number of morpholine rings is 1. The SMILES string of the molecule is CC(CN1CCOCC1)Nc1ccc(N)c2nonc12. The maximum atomic E-state index is 5.84. The van der Waals surface area contributed by atoms with Crippen molar-refractivity contribution < 1.29 is 9.37 Å². The smallest absolute Gasteiger partial charge is 0.160 e. The van der Waals surface area contributed by atoms with Gasteiger partial charge in [-0.2, -0.15) is 0 Å². The fraction of sp³-hybridized carbons (Fsp3) is 0.538. The fourth-order valence-corrected chi connectivity index (χ4v) is 2.48. The van der Waals surface area contributed by atoms with Crippen LogP contribution in [0.4, 0.5) is 11.4 Å². The van der Waals surface area contributed by atoms with E-state index in [2.05, 4.69) is 27.5 Å². The number of hydrogen-bond acceptors (Lipinski definition) is 7. The van der Waals surface area contributed by atoms with E-state index in [4.69, 9.17) is 15.1 Å². The second kappa shape index (κ2) is 5.64. The lowest BCUT2D eigenvalue weighted by Crippen LogP contribution is -2.42. The standard InChI is InChI=1S/C13H19N5O2/c1-9(8-18-4-6-19-7-5-18)15-11-3-2-10(14)12-13(11)17-20-16-12/h2-3,9,15H,4-8,14H2,1H3. The maximum Gasteiger partial charge on any atom is 0.160 e. The number of rotatable bonds is 4. The molecule has 0 amide bonds. The van der Waals surface area contributed by atoms with Gasteiger partial charge in [0, 0.05) is 25.7 Å². The number of hydrogen-bond donors (Lipinski definition) is 2. The summed E-state index contributed by atoms with van der Waals surface area (Å²) in [5, 5.41) is 11.2. The highest BCUT2D eigenvalue weighted by Gasteiger charge is 2.16. The van der Waals surface area contributed by atoms with Crippen LogP contribution in [-0.4, -0.2) is 54.1 Å². The maximum absolute atomic E-state index is 5.84. The van der Waals surface area contributed by atoms with Gasteiger partial charge < -0.3 is 15.8 Å². The van der Waals surface area contributed by atoms with Gasteiger partial charge in [0.1, 0.15) is 0 Å². The van der Waals surface area contributed by atoms with Crippen LogP contribution in [0.5, 0.6) is 0 Å². The minimum Gasteiger partial charge on any atom is -0.397 e. The van der Waals surface area contributed by atoms with Gasteiger partial charge in [-0.1, -0.05) is 0 Å². The van der Waals surface area contributed by atoms with Crippen molar-refractivity contribution in [3.05, 3.63) is 12.1 Å². The Morgan fingerprint density at radius 2 is 2.05 bits per heavy atom. The normalized spacial score (nSPS) is 18.2. The van der Waals surface area contributed by atoms with E-state index < -0.39 is 0 Å². The molecule has 7 heteroatoms. The van der Waals surface area contributed by atoms with Gasteiger partial charge in [-0.15, -0.1) is 0 Å². The molecule has 3 N–H and O–H groups in total. The van der Waals surface area contributed by atoms with Crippen LogP contribution in [0.1, 0.15) is 6.92 Å². The average molecular weight is 277 g/mol. The molecular formula is C13H19N5O2. The quantitative estimate of drug-likeness (QED) is 0.804. The second-order valence-corrected chi connectivity index (χ2v) is 5.12. The first-order valence-corrected chi connectivity index (χ1v) is 6.81. The molecule has 3 rings (SSSR count). The third kappa shape index (κ3) is 2.68. The molecular weight excluding hydrogens is 258 g/mol. The van der Waals surface area contributed by atoms with Crippen molar-refractivity contribution in [2.75, 3.05) is 43.9 Å². The van der Waals surface area contributed by atoms with Gasteiger partial charge >= 0.3 is 0 Å². The lowest BCUT2D eigenvalue weighted by Gasteiger charge is -2.29. The monoisotopic (exact) mass is 277 g/mol. The van der Waals surface area contributed by atoms with E-state index in [0.717, 1.165) is 38.5 Å². The van der Waals surface area contributed by atoms with Crippen LogP contribution >= 0.6 is 0 Å². The number of nitrogens with zero attached hydrogens (tertiary/aromatic N) is 3. The summed E-state index contributed by atoms with van der Waals surface area (Å²) in [4.78, 5) is 2.39. The fourth-order valence-electron chi connectivity index (χ4n) is 2.48. The number of nitrogen functional groups attached to an aromatic ring is 1. The minimum atomic E-state index is 0.289. The van der Waals surface area contributed by atoms with Gasteiger partial charge in [-0.05, 0) is 29.4 Å². The molecule has 0 bridgehead atoms. The first kappa shape index (κ1) is 13.1. The molecule has 2 heterocycles. The van der Waals surface area contributed by atoms with Crippen LogP contribution in [0, 0.1) is 0 Å². The molecule has 1 atom stereocenters. The van der Waals surface area contributed by atoms with E-state index >= 15 is 0 Å². The molecule has 0 radical (unpaired) electrons. The second-order valence-electron chi connectivity index (χ2n) is 5.12. The molecule has 7 nitrogen and oxygen atoms in total. The van der Waals surface area contributed by atoms with E-state index in [1.165, 1.54) is 0 Å². The van der Waals surface area contributed by atoms with Crippen molar-refractivity contribution in [3.8, 4) is 0 Å². The molecule has 1 aromatic carbocycles. The van der Waals surface area contributed by atoms with Crippen molar-refractivity contribution in [3.63, 3.8) is 0 Å². The van der Waals surface area contributed by atoms with Crippen LogP contribution in [0.25, 0.3) is 11.0 Å². The van der Waals surface area contributed by atoms with E-state index in [1.54, 1.807) is 0 Å². The van der Waals surface area contributed by atoms with E-state index in [1.807, 2.05) is 12.1 Å². The summed E-state index contributed by atoms with van der Waals surface area (Å²) >= 11 is 0. The molecule has 0 aliphatic carbocycles. The number of nitrogens with two attached hydrogens (primary N) is 1. The number of anilines is 2. The summed E-state index contributed by atoms with van der Waals surface area (Å²) < 4.78 is 10.1. The van der Waals surface area contributed by atoms with Gasteiger partial charge in [0.15, 0.2) is 11.0 Å². The summed E-state index contributed by atoms with van der Waals surface area (Å²) in [6.07, 6.45) is 0. The van der Waals surface area contributed by atoms with E-state index in [-0.39, 0.29) is 6.04 Å². The van der Waals surface area contributed by atoms with Gasteiger partial charge in [0.2, 0.25) is 0 Å². The Morgan fingerprint density at radius 3 is 2.85 bits per heavy atom. The minimum absolute atomic E-state index is 0.289. The molecule has 0 spiro atoms. The van der Waals surface area contributed by atoms with Crippen LogP contribution in [0.3, 0.4) is 0 Å². The van der Waals surface area contributed by atoms with Crippen LogP contribution in [-0.2, 0) is 4.74 Å². The van der Waals surface area contributed by atoms with Crippen molar-refractivity contribution in [1.82, 2.24) is 15.2 Å². The average Bonchev–Trinajstić information content (AvgIpc) is 2.93. The zero-order valence-electron chi connectivity index (χ0n) is 11.5. The molecule has 1 aromatic heterocycles. The first-order valence-electron chi connectivity index (χ1n) is 6.81. The van der Waals surface area contributed by atoms with Crippen LogP contribution < -0.4 is 11.1 Å². The Bertz CT molecular complexity index is 579. The molecule has 108 valence electrons. The molecule has 1 aliphatic heterocycles. The lowest BCUT2D eigenvalue weighted by atomic mass is 10.2. The van der Waals surface area contributed by atoms with Crippen molar-refractivity contribution >= 4 is 22.4 Å². The van der Waals surface area contributed by atoms with Gasteiger partial charge in [0.25, 0.3) is 0 Å². The van der Waals surface area contributed by atoms with E-state index in [9.17, 15) is 0 Å². The zero-order chi connectivity index (χ0) is 13.9. The van der Waals surface area contributed by atoms with Crippen molar-refractivity contribution in [1.29, 1.82) is 0 Å². The summed E-state index contributed by atoms with van der Waals surface area (Å²) in [7, 11) is 0. The van der Waals surface area contributed by atoms with Crippen LogP contribution in [0.2, 0.25) is 0 Å². The molecule has 0 saturated carbocycles. The predicted molar refractivity (Wildman–Crippen MR) is 76.6 cm³/mol. The summed E-state index contributed by atoms with van der Waals surface area (Å²) in [6, 6.07) is 4.02. The molecule has 1 fully saturated rings. The topological polar surface area (TPSA) is 89.4 Å². The zero-order valence-corrected chi connectivity index (χ0v) is 11.5. The van der Waals surface area contributed by atoms with E-state index in [0.29, 0.717) is 16.7 Å². The predicted octanol–water partition coefficient (Wildman–Crippen LogP) is 0.938. The Morgan fingerprint density at radius 1 is 1.30 bits per heavy atom.